The number of aromatic nitrogens is 1. The SMILES string of the molecule is COC(=O)Cc1csc(NC2CCCCCC2C)n1. The molecule has 1 aliphatic carbocycles. The molecule has 1 aromatic rings. The first kappa shape index (κ1) is 14.3. The molecule has 0 bridgehead atoms. The number of nitrogens with zero attached hydrogens (tertiary/aromatic N) is 1. The van der Waals surface area contributed by atoms with Gasteiger partial charge in [0, 0.05) is 11.4 Å². The maximum absolute atomic E-state index is 11.2. The second-order valence-electron chi connectivity index (χ2n) is 5.26. The van der Waals surface area contributed by atoms with Gasteiger partial charge in [-0.15, -0.1) is 11.3 Å². The van der Waals surface area contributed by atoms with E-state index >= 15 is 0 Å². The third-order valence-corrected chi connectivity index (χ3v) is 4.60. The molecule has 2 rings (SSSR count). The van der Waals surface area contributed by atoms with Crippen LogP contribution in [-0.4, -0.2) is 24.1 Å². The standard InChI is InChI=1S/C14H22N2O2S/c1-10-6-4-3-5-7-12(10)16-14-15-11(9-19-14)8-13(17)18-2/h9-10,12H,3-8H2,1-2H3,(H,15,16). The summed E-state index contributed by atoms with van der Waals surface area (Å²) >= 11 is 1.57. The molecule has 0 aliphatic heterocycles. The van der Waals surface area contributed by atoms with Gasteiger partial charge in [0.25, 0.3) is 0 Å². The molecule has 1 heterocycles. The van der Waals surface area contributed by atoms with Crippen molar-refractivity contribution in [1.82, 2.24) is 4.98 Å². The Bertz CT molecular complexity index is 419. The number of esters is 1. The monoisotopic (exact) mass is 282 g/mol. The molecule has 1 N–H and O–H groups in total. The second kappa shape index (κ2) is 6.89. The van der Waals surface area contributed by atoms with Gasteiger partial charge in [-0.3, -0.25) is 4.79 Å². The van der Waals surface area contributed by atoms with E-state index in [0.717, 1.165) is 10.8 Å². The van der Waals surface area contributed by atoms with Crippen molar-refractivity contribution in [2.24, 2.45) is 5.92 Å². The molecule has 0 radical (unpaired) electrons. The first-order chi connectivity index (χ1) is 9.19. The van der Waals surface area contributed by atoms with Crippen LogP contribution >= 0.6 is 11.3 Å². The minimum absolute atomic E-state index is 0.236. The summed E-state index contributed by atoms with van der Waals surface area (Å²) in [5.41, 5.74) is 0.792. The lowest BCUT2D eigenvalue weighted by Gasteiger charge is -2.22. The quantitative estimate of drug-likeness (QED) is 0.680. The fourth-order valence-corrected chi connectivity index (χ4v) is 3.31. The Labute approximate surface area is 118 Å². The van der Waals surface area contributed by atoms with Crippen molar-refractivity contribution >= 4 is 22.4 Å². The highest BCUT2D eigenvalue weighted by atomic mass is 32.1. The number of carbonyl (C=O) groups excluding carboxylic acids is 1. The van der Waals surface area contributed by atoms with Crippen LogP contribution in [0.5, 0.6) is 0 Å². The minimum Gasteiger partial charge on any atom is -0.469 e. The highest BCUT2D eigenvalue weighted by Gasteiger charge is 2.20. The van der Waals surface area contributed by atoms with Crippen LogP contribution in [0.2, 0.25) is 0 Å². The molecule has 0 saturated heterocycles. The topological polar surface area (TPSA) is 51.2 Å². The number of hydrogen-bond acceptors (Lipinski definition) is 5. The molecule has 106 valence electrons. The average molecular weight is 282 g/mol. The molecule has 0 aromatic carbocycles. The van der Waals surface area contributed by atoms with Crippen LogP contribution in [0.1, 0.15) is 44.7 Å². The van der Waals surface area contributed by atoms with Crippen molar-refractivity contribution in [3.63, 3.8) is 0 Å². The van der Waals surface area contributed by atoms with E-state index in [9.17, 15) is 4.79 Å². The number of ether oxygens (including phenoxy) is 1. The summed E-state index contributed by atoms with van der Waals surface area (Å²) in [7, 11) is 1.40. The Kier molecular flexibility index (Phi) is 5.19. The van der Waals surface area contributed by atoms with Crippen LogP contribution in [-0.2, 0) is 16.0 Å². The first-order valence-electron chi connectivity index (χ1n) is 6.97. The fraction of sp³-hybridized carbons (Fsp3) is 0.714. The third-order valence-electron chi connectivity index (χ3n) is 3.78. The molecule has 1 saturated carbocycles. The number of carbonyl (C=O) groups is 1. The summed E-state index contributed by atoms with van der Waals surface area (Å²) in [5.74, 6) is 0.454. The lowest BCUT2D eigenvalue weighted by molar-refractivity contribution is -0.139. The summed E-state index contributed by atoms with van der Waals surface area (Å²) in [6.07, 6.45) is 6.74. The molecule has 5 heteroatoms. The largest absolute Gasteiger partial charge is 0.469 e. The molecule has 19 heavy (non-hydrogen) atoms. The molecular weight excluding hydrogens is 260 g/mol. The van der Waals surface area contributed by atoms with E-state index in [0.29, 0.717) is 12.0 Å². The number of thiazole rings is 1. The summed E-state index contributed by atoms with van der Waals surface area (Å²) in [6.45, 7) is 2.31. The van der Waals surface area contributed by atoms with Crippen LogP contribution in [0.4, 0.5) is 5.13 Å². The number of nitrogens with one attached hydrogen (secondary N) is 1. The van der Waals surface area contributed by atoms with Gasteiger partial charge in [-0.05, 0) is 18.8 Å². The van der Waals surface area contributed by atoms with Crippen molar-refractivity contribution in [1.29, 1.82) is 0 Å². The molecule has 4 nitrogen and oxygen atoms in total. The first-order valence-corrected chi connectivity index (χ1v) is 7.84. The van der Waals surface area contributed by atoms with Crippen LogP contribution in [0, 0.1) is 5.92 Å². The molecule has 0 spiro atoms. The predicted molar refractivity (Wildman–Crippen MR) is 77.5 cm³/mol. The van der Waals surface area contributed by atoms with Gasteiger partial charge < -0.3 is 10.1 Å². The van der Waals surface area contributed by atoms with Gasteiger partial charge in [0.1, 0.15) is 0 Å². The van der Waals surface area contributed by atoms with E-state index in [1.54, 1.807) is 11.3 Å². The van der Waals surface area contributed by atoms with Gasteiger partial charge in [-0.25, -0.2) is 4.98 Å². The lowest BCUT2D eigenvalue weighted by Crippen LogP contribution is -2.26. The van der Waals surface area contributed by atoms with Crippen LogP contribution < -0.4 is 5.32 Å². The van der Waals surface area contributed by atoms with E-state index in [4.69, 9.17) is 0 Å². The van der Waals surface area contributed by atoms with E-state index in [2.05, 4.69) is 22.0 Å². The minimum atomic E-state index is -0.236. The average Bonchev–Trinajstić information content (AvgIpc) is 2.73. The number of hydrogen-bond donors (Lipinski definition) is 1. The van der Waals surface area contributed by atoms with Gasteiger partial charge in [0.2, 0.25) is 0 Å². The van der Waals surface area contributed by atoms with Gasteiger partial charge in [-0.2, -0.15) is 0 Å². The van der Waals surface area contributed by atoms with Crippen LogP contribution in [0.25, 0.3) is 0 Å². The van der Waals surface area contributed by atoms with Gasteiger partial charge in [-0.1, -0.05) is 26.2 Å². The molecule has 1 aliphatic rings. The molecule has 1 aromatic heterocycles. The Morgan fingerprint density at radius 2 is 2.26 bits per heavy atom. The van der Waals surface area contributed by atoms with Gasteiger partial charge >= 0.3 is 5.97 Å². The van der Waals surface area contributed by atoms with Crippen molar-refractivity contribution in [2.45, 2.75) is 51.5 Å². The third kappa shape index (κ3) is 4.20. The number of rotatable bonds is 4. The Balaban J connectivity index is 1.93. The van der Waals surface area contributed by atoms with Gasteiger partial charge in [0.15, 0.2) is 5.13 Å². The summed E-state index contributed by atoms with van der Waals surface area (Å²) in [6, 6.07) is 0.514. The molecule has 2 atom stereocenters. The highest BCUT2D eigenvalue weighted by molar-refractivity contribution is 7.13. The van der Waals surface area contributed by atoms with Crippen molar-refractivity contribution in [3.8, 4) is 0 Å². The lowest BCUT2D eigenvalue weighted by atomic mass is 9.97. The summed E-state index contributed by atoms with van der Waals surface area (Å²) < 4.78 is 4.65. The summed E-state index contributed by atoms with van der Waals surface area (Å²) in [4.78, 5) is 15.7. The Hall–Kier alpha value is -1.10. The molecule has 2 unspecified atom stereocenters. The second-order valence-corrected chi connectivity index (χ2v) is 6.12. The van der Waals surface area contributed by atoms with E-state index < -0.39 is 0 Å². The fourth-order valence-electron chi connectivity index (χ4n) is 2.54. The van der Waals surface area contributed by atoms with Crippen molar-refractivity contribution < 1.29 is 9.53 Å². The van der Waals surface area contributed by atoms with E-state index in [1.807, 2.05) is 5.38 Å². The van der Waals surface area contributed by atoms with E-state index in [1.165, 1.54) is 39.2 Å². The Morgan fingerprint density at radius 1 is 1.47 bits per heavy atom. The van der Waals surface area contributed by atoms with Crippen molar-refractivity contribution in [2.75, 3.05) is 12.4 Å². The van der Waals surface area contributed by atoms with Crippen LogP contribution in [0.15, 0.2) is 5.38 Å². The molecular formula is C14H22N2O2S. The maximum Gasteiger partial charge on any atom is 0.311 e. The zero-order valence-corrected chi connectivity index (χ0v) is 12.5. The van der Waals surface area contributed by atoms with Gasteiger partial charge in [0.05, 0.1) is 19.2 Å². The molecule has 0 amide bonds. The van der Waals surface area contributed by atoms with Crippen molar-refractivity contribution in [3.05, 3.63) is 11.1 Å². The highest BCUT2D eigenvalue weighted by Crippen LogP contribution is 2.27. The number of anilines is 1. The zero-order chi connectivity index (χ0) is 13.7. The van der Waals surface area contributed by atoms with Crippen LogP contribution in [0.3, 0.4) is 0 Å². The summed E-state index contributed by atoms with van der Waals surface area (Å²) in [5, 5.41) is 6.40. The zero-order valence-electron chi connectivity index (χ0n) is 11.6. The predicted octanol–water partition coefficient (Wildman–Crippen LogP) is 3.24. The Morgan fingerprint density at radius 3 is 3.05 bits per heavy atom. The van der Waals surface area contributed by atoms with E-state index in [-0.39, 0.29) is 12.4 Å². The smallest absolute Gasteiger partial charge is 0.311 e. The maximum atomic E-state index is 11.2. The number of methoxy groups -OCH3 is 1. The normalized spacial score (nSPS) is 23.7. The molecule has 1 fully saturated rings.